The van der Waals surface area contributed by atoms with Gasteiger partial charge in [0.15, 0.2) is 0 Å². The van der Waals surface area contributed by atoms with E-state index < -0.39 is 0 Å². The van der Waals surface area contributed by atoms with Gasteiger partial charge in [-0.2, -0.15) is 0 Å². The van der Waals surface area contributed by atoms with Crippen LogP contribution in [0.4, 0.5) is 0 Å². The molecule has 1 fully saturated rings. The van der Waals surface area contributed by atoms with Gasteiger partial charge in [-0.05, 0) is 50.9 Å². The smallest absolute Gasteiger partial charge is 0.230 e. The zero-order valence-corrected chi connectivity index (χ0v) is 12.3. The molecule has 0 radical (unpaired) electrons. The van der Waals surface area contributed by atoms with E-state index in [4.69, 9.17) is 0 Å². The third-order valence-corrected chi connectivity index (χ3v) is 4.39. The van der Waals surface area contributed by atoms with E-state index in [1.54, 1.807) is 11.8 Å². The molecular weight excluding hydrogens is 256 g/mol. The number of aryl methyl sites for hydroxylation is 1. The van der Waals surface area contributed by atoms with Gasteiger partial charge in [-0.25, -0.2) is 0 Å². The molecule has 1 aromatic rings. The van der Waals surface area contributed by atoms with Gasteiger partial charge >= 0.3 is 0 Å². The summed E-state index contributed by atoms with van der Waals surface area (Å²) in [4.78, 5) is 12.9. The molecule has 3 nitrogen and oxygen atoms in total. The number of thioether (sulfide) groups is 1. The van der Waals surface area contributed by atoms with Gasteiger partial charge in [0, 0.05) is 11.4 Å². The molecule has 2 N–H and O–H groups in total. The van der Waals surface area contributed by atoms with Gasteiger partial charge in [-0.1, -0.05) is 17.7 Å². The van der Waals surface area contributed by atoms with Crippen LogP contribution in [0.5, 0.6) is 0 Å². The Balaban J connectivity index is 1.65. The van der Waals surface area contributed by atoms with Crippen molar-refractivity contribution in [1.29, 1.82) is 0 Å². The lowest BCUT2D eigenvalue weighted by molar-refractivity contribution is -0.118. The van der Waals surface area contributed by atoms with Crippen LogP contribution >= 0.6 is 11.8 Å². The first-order valence-electron chi connectivity index (χ1n) is 6.91. The Labute approximate surface area is 119 Å². The minimum Gasteiger partial charge on any atom is -0.355 e. The third kappa shape index (κ3) is 5.25. The summed E-state index contributed by atoms with van der Waals surface area (Å²) in [7, 11) is 0. The van der Waals surface area contributed by atoms with Crippen LogP contribution in [-0.4, -0.2) is 31.3 Å². The largest absolute Gasteiger partial charge is 0.355 e. The summed E-state index contributed by atoms with van der Waals surface area (Å²) >= 11 is 1.60. The molecule has 1 heterocycles. The van der Waals surface area contributed by atoms with Crippen LogP contribution in [0.2, 0.25) is 0 Å². The Kier molecular flexibility index (Phi) is 5.73. The number of carbonyl (C=O) groups excluding carboxylic acids is 1. The van der Waals surface area contributed by atoms with Gasteiger partial charge in [0.25, 0.3) is 0 Å². The number of carbonyl (C=O) groups is 1. The highest BCUT2D eigenvalue weighted by atomic mass is 32.2. The summed E-state index contributed by atoms with van der Waals surface area (Å²) in [5.74, 6) is 1.24. The number of nitrogens with one attached hydrogen (secondary N) is 2. The fraction of sp³-hybridized carbons (Fsp3) is 0.533. The molecule has 0 saturated carbocycles. The average molecular weight is 278 g/mol. The predicted molar refractivity (Wildman–Crippen MR) is 80.5 cm³/mol. The fourth-order valence-corrected chi connectivity index (χ4v) is 2.92. The monoisotopic (exact) mass is 278 g/mol. The first kappa shape index (κ1) is 14.4. The predicted octanol–water partition coefficient (Wildman–Crippen LogP) is 2.20. The number of amides is 1. The molecule has 1 amide bonds. The Morgan fingerprint density at radius 1 is 1.42 bits per heavy atom. The van der Waals surface area contributed by atoms with Gasteiger partial charge in [-0.3, -0.25) is 4.79 Å². The number of piperidine rings is 1. The molecule has 19 heavy (non-hydrogen) atoms. The van der Waals surface area contributed by atoms with Crippen LogP contribution in [0, 0.1) is 12.8 Å². The summed E-state index contributed by atoms with van der Waals surface area (Å²) in [6.07, 6.45) is 2.44. The number of rotatable bonds is 5. The average Bonchev–Trinajstić information content (AvgIpc) is 2.45. The molecule has 1 aliphatic heterocycles. The van der Waals surface area contributed by atoms with Crippen molar-refractivity contribution >= 4 is 17.7 Å². The highest BCUT2D eigenvalue weighted by Gasteiger charge is 2.13. The Bertz CT molecular complexity index is 399. The lowest BCUT2D eigenvalue weighted by atomic mass is 10.00. The van der Waals surface area contributed by atoms with Crippen LogP contribution in [0.3, 0.4) is 0 Å². The second-order valence-electron chi connectivity index (χ2n) is 5.12. The van der Waals surface area contributed by atoms with E-state index in [-0.39, 0.29) is 5.91 Å². The Morgan fingerprint density at radius 2 is 2.21 bits per heavy atom. The van der Waals surface area contributed by atoms with Crippen LogP contribution in [-0.2, 0) is 4.79 Å². The minimum atomic E-state index is 0.135. The lowest BCUT2D eigenvalue weighted by Gasteiger charge is -2.22. The van der Waals surface area contributed by atoms with E-state index in [2.05, 4.69) is 41.8 Å². The second-order valence-corrected chi connectivity index (χ2v) is 6.17. The topological polar surface area (TPSA) is 41.1 Å². The van der Waals surface area contributed by atoms with E-state index in [0.717, 1.165) is 24.5 Å². The number of hydrogen-bond donors (Lipinski definition) is 2. The number of benzene rings is 1. The summed E-state index contributed by atoms with van der Waals surface area (Å²) in [6.45, 7) is 5.03. The standard InChI is InChI=1S/C15H22N2OS/c1-12-4-6-14(7-5-12)19-11-15(18)17-10-13-3-2-8-16-9-13/h4-7,13,16H,2-3,8-11H2,1H3,(H,17,18). The molecule has 0 aliphatic carbocycles. The van der Waals surface area contributed by atoms with Crippen LogP contribution < -0.4 is 10.6 Å². The molecule has 104 valence electrons. The first-order chi connectivity index (χ1) is 9.24. The highest BCUT2D eigenvalue weighted by molar-refractivity contribution is 8.00. The molecule has 0 bridgehead atoms. The van der Waals surface area contributed by atoms with Crippen molar-refractivity contribution in [2.24, 2.45) is 5.92 Å². The minimum absolute atomic E-state index is 0.135. The van der Waals surface area contributed by atoms with Crippen molar-refractivity contribution < 1.29 is 4.79 Å². The molecule has 1 atom stereocenters. The molecule has 0 spiro atoms. The first-order valence-corrected chi connectivity index (χ1v) is 7.89. The maximum atomic E-state index is 11.8. The summed E-state index contributed by atoms with van der Waals surface area (Å²) in [5, 5.41) is 6.40. The van der Waals surface area contributed by atoms with E-state index in [0.29, 0.717) is 11.7 Å². The van der Waals surface area contributed by atoms with E-state index in [9.17, 15) is 4.79 Å². The quantitative estimate of drug-likeness (QED) is 0.811. The maximum Gasteiger partial charge on any atom is 0.230 e. The van der Waals surface area contributed by atoms with Crippen LogP contribution in [0.1, 0.15) is 18.4 Å². The molecule has 1 aromatic carbocycles. The summed E-state index contributed by atoms with van der Waals surface area (Å²) in [5.41, 5.74) is 1.25. The highest BCUT2D eigenvalue weighted by Crippen LogP contribution is 2.17. The molecule has 2 rings (SSSR count). The van der Waals surface area contributed by atoms with Crippen molar-refractivity contribution in [3.63, 3.8) is 0 Å². The van der Waals surface area contributed by atoms with Crippen molar-refractivity contribution in [2.45, 2.75) is 24.7 Å². The third-order valence-electron chi connectivity index (χ3n) is 3.38. The molecule has 1 unspecified atom stereocenters. The van der Waals surface area contributed by atoms with Gasteiger partial charge in [0.2, 0.25) is 5.91 Å². The van der Waals surface area contributed by atoms with Gasteiger partial charge in [0.1, 0.15) is 0 Å². The van der Waals surface area contributed by atoms with Crippen LogP contribution in [0.15, 0.2) is 29.2 Å². The Hall–Kier alpha value is -1.00. The van der Waals surface area contributed by atoms with Crippen molar-refractivity contribution in [1.82, 2.24) is 10.6 Å². The summed E-state index contributed by atoms with van der Waals surface area (Å²) in [6, 6.07) is 8.29. The zero-order valence-electron chi connectivity index (χ0n) is 11.4. The SMILES string of the molecule is Cc1ccc(SCC(=O)NCC2CCCNC2)cc1. The van der Waals surface area contributed by atoms with E-state index in [1.807, 2.05) is 0 Å². The van der Waals surface area contributed by atoms with Crippen LogP contribution in [0.25, 0.3) is 0 Å². The van der Waals surface area contributed by atoms with Crippen molar-refractivity contribution in [3.8, 4) is 0 Å². The zero-order chi connectivity index (χ0) is 13.5. The maximum absolute atomic E-state index is 11.8. The molecule has 1 saturated heterocycles. The van der Waals surface area contributed by atoms with E-state index in [1.165, 1.54) is 18.4 Å². The normalized spacial score (nSPS) is 19.1. The molecule has 1 aliphatic rings. The molecule has 0 aromatic heterocycles. The van der Waals surface area contributed by atoms with Gasteiger partial charge in [0.05, 0.1) is 5.75 Å². The lowest BCUT2D eigenvalue weighted by Crippen LogP contribution is -2.38. The van der Waals surface area contributed by atoms with E-state index >= 15 is 0 Å². The molecular formula is C15H22N2OS. The van der Waals surface area contributed by atoms with Gasteiger partial charge in [-0.15, -0.1) is 11.8 Å². The number of hydrogen-bond acceptors (Lipinski definition) is 3. The van der Waals surface area contributed by atoms with Crippen molar-refractivity contribution in [2.75, 3.05) is 25.4 Å². The summed E-state index contributed by atoms with van der Waals surface area (Å²) < 4.78 is 0. The fourth-order valence-electron chi connectivity index (χ4n) is 2.19. The van der Waals surface area contributed by atoms with Crippen molar-refractivity contribution in [3.05, 3.63) is 29.8 Å². The Morgan fingerprint density at radius 3 is 2.89 bits per heavy atom. The second kappa shape index (κ2) is 7.56. The molecule has 4 heteroatoms. The van der Waals surface area contributed by atoms with Gasteiger partial charge < -0.3 is 10.6 Å².